The molecule has 8 heteroatoms. The van der Waals surface area contributed by atoms with Crippen LogP contribution in [0.15, 0.2) is 53.3 Å². The number of hydrogen-bond donors (Lipinski definition) is 3. The number of fused-ring (bicyclic) bond motifs is 1. The fourth-order valence-electron chi connectivity index (χ4n) is 3.59. The number of methoxy groups -OCH3 is 1. The number of aromatic nitrogens is 3. The lowest BCUT2D eigenvalue weighted by molar-refractivity contribution is 0.305. The molecule has 4 aromatic rings. The molecule has 0 atom stereocenters. The Morgan fingerprint density at radius 2 is 1.84 bits per heavy atom. The fourth-order valence-corrected chi connectivity index (χ4v) is 3.59. The average Bonchev–Trinajstić information content (AvgIpc) is 2.75. The van der Waals surface area contributed by atoms with E-state index in [0.29, 0.717) is 46.7 Å². The van der Waals surface area contributed by atoms with Crippen LogP contribution in [-0.2, 0) is 13.0 Å². The lowest BCUT2D eigenvalue weighted by Gasteiger charge is -2.14. The number of nitrogens with two attached hydrogens (primary N) is 2. The first-order chi connectivity index (χ1) is 15.0. The SMILES string of the molecule is COc1ccc(OCc2ccccc2)cc1Cc1c(C)c2c(N)nc(N)nc2[nH]c1=O. The summed E-state index contributed by atoms with van der Waals surface area (Å²) in [5.41, 5.74) is 14.9. The zero-order valence-corrected chi connectivity index (χ0v) is 17.3. The monoisotopic (exact) mass is 417 g/mol. The molecule has 4 rings (SSSR count). The van der Waals surface area contributed by atoms with Crippen LogP contribution in [0.4, 0.5) is 11.8 Å². The molecule has 2 aromatic heterocycles. The molecule has 2 heterocycles. The lowest BCUT2D eigenvalue weighted by atomic mass is 9.99. The number of rotatable bonds is 6. The van der Waals surface area contributed by atoms with Gasteiger partial charge in [-0.1, -0.05) is 30.3 Å². The van der Waals surface area contributed by atoms with Crippen LogP contribution in [-0.4, -0.2) is 22.1 Å². The van der Waals surface area contributed by atoms with Crippen molar-refractivity contribution in [2.45, 2.75) is 20.0 Å². The highest BCUT2D eigenvalue weighted by Gasteiger charge is 2.16. The Bertz CT molecular complexity index is 1300. The Morgan fingerprint density at radius 1 is 1.06 bits per heavy atom. The summed E-state index contributed by atoms with van der Waals surface area (Å²) in [6.07, 6.45) is 0.326. The summed E-state index contributed by atoms with van der Waals surface area (Å²) in [6, 6.07) is 15.5. The van der Waals surface area contributed by atoms with Crippen LogP contribution in [0.2, 0.25) is 0 Å². The Kier molecular flexibility index (Phi) is 5.44. The average molecular weight is 417 g/mol. The lowest BCUT2D eigenvalue weighted by Crippen LogP contribution is -2.18. The molecule has 31 heavy (non-hydrogen) atoms. The van der Waals surface area contributed by atoms with E-state index in [1.54, 1.807) is 7.11 Å². The van der Waals surface area contributed by atoms with E-state index >= 15 is 0 Å². The molecule has 0 unspecified atom stereocenters. The van der Waals surface area contributed by atoms with E-state index in [1.807, 2.05) is 55.5 Å². The van der Waals surface area contributed by atoms with Crippen molar-refractivity contribution in [2.24, 2.45) is 0 Å². The van der Waals surface area contributed by atoms with E-state index in [0.717, 1.165) is 11.1 Å². The number of H-pyrrole nitrogens is 1. The highest BCUT2D eigenvalue weighted by Crippen LogP contribution is 2.29. The number of pyridine rings is 1. The van der Waals surface area contributed by atoms with Crippen molar-refractivity contribution in [1.29, 1.82) is 0 Å². The first-order valence-electron chi connectivity index (χ1n) is 9.74. The molecule has 0 aliphatic heterocycles. The zero-order chi connectivity index (χ0) is 22.0. The van der Waals surface area contributed by atoms with Gasteiger partial charge < -0.3 is 25.9 Å². The van der Waals surface area contributed by atoms with E-state index in [1.165, 1.54) is 0 Å². The molecular formula is C23H23N5O3. The topological polar surface area (TPSA) is 129 Å². The predicted octanol–water partition coefficient (Wildman–Crippen LogP) is 2.97. The van der Waals surface area contributed by atoms with Crippen LogP contribution in [0.25, 0.3) is 11.0 Å². The second-order valence-corrected chi connectivity index (χ2v) is 7.17. The van der Waals surface area contributed by atoms with Gasteiger partial charge in [0.15, 0.2) is 0 Å². The Balaban J connectivity index is 1.70. The number of ether oxygens (including phenoxy) is 2. The van der Waals surface area contributed by atoms with Crippen LogP contribution in [0.5, 0.6) is 11.5 Å². The first kappa shape index (κ1) is 20.2. The molecule has 158 valence electrons. The van der Waals surface area contributed by atoms with Gasteiger partial charge in [-0.3, -0.25) is 4.79 Å². The first-order valence-corrected chi connectivity index (χ1v) is 9.74. The van der Waals surface area contributed by atoms with Gasteiger partial charge in [0, 0.05) is 17.5 Å². The van der Waals surface area contributed by atoms with Crippen molar-refractivity contribution in [1.82, 2.24) is 15.0 Å². The van der Waals surface area contributed by atoms with Crippen molar-refractivity contribution in [2.75, 3.05) is 18.6 Å². The molecule has 0 bridgehead atoms. The summed E-state index contributed by atoms with van der Waals surface area (Å²) in [4.78, 5) is 23.7. The molecule has 0 spiro atoms. The number of nitrogen functional groups attached to an aromatic ring is 2. The number of nitrogens with one attached hydrogen (secondary N) is 1. The molecule has 0 aliphatic carbocycles. The third-order valence-corrected chi connectivity index (χ3v) is 5.16. The molecule has 0 aliphatic rings. The van der Waals surface area contributed by atoms with E-state index in [9.17, 15) is 4.79 Å². The number of hydrogen-bond acceptors (Lipinski definition) is 7. The van der Waals surface area contributed by atoms with E-state index < -0.39 is 0 Å². The molecule has 2 aromatic carbocycles. The standard InChI is InChI=1S/C23H23N5O3/c1-13-17(22(29)27-21-19(13)20(24)26-23(25)28-21)11-15-10-16(8-9-18(15)30-2)31-12-14-6-4-3-5-7-14/h3-10H,11-12H2,1-2H3,(H5,24,25,26,27,28,29). The molecule has 5 N–H and O–H groups in total. The third kappa shape index (κ3) is 4.13. The van der Waals surface area contributed by atoms with Crippen LogP contribution in [0.1, 0.15) is 22.3 Å². The second-order valence-electron chi connectivity index (χ2n) is 7.17. The molecule has 8 nitrogen and oxygen atoms in total. The van der Waals surface area contributed by atoms with Gasteiger partial charge in [0.1, 0.15) is 29.6 Å². The summed E-state index contributed by atoms with van der Waals surface area (Å²) in [5.74, 6) is 1.58. The van der Waals surface area contributed by atoms with Crippen LogP contribution in [0.3, 0.4) is 0 Å². The Hall–Kier alpha value is -4.07. The highest BCUT2D eigenvalue weighted by atomic mass is 16.5. The molecule has 0 saturated heterocycles. The third-order valence-electron chi connectivity index (χ3n) is 5.16. The van der Waals surface area contributed by atoms with Gasteiger partial charge >= 0.3 is 0 Å². The summed E-state index contributed by atoms with van der Waals surface area (Å²) >= 11 is 0. The number of aryl methyl sites for hydroxylation is 1. The van der Waals surface area contributed by atoms with E-state index in [2.05, 4.69) is 15.0 Å². The quantitative estimate of drug-likeness (QED) is 0.440. The number of anilines is 2. The van der Waals surface area contributed by atoms with Gasteiger partial charge in [-0.2, -0.15) is 9.97 Å². The second kappa shape index (κ2) is 8.35. The normalized spacial score (nSPS) is 10.9. The van der Waals surface area contributed by atoms with Gasteiger partial charge in [0.05, 0.1) is 12.5 Å². The van der Waals surface area contributed by atoms with Crippen LogP contribution >= 0.6 is 0 Å². The molecule has 0 radical (unpaired) electrons. The smallest absolute Gasteiger partial charge is 0.253 e. The van der Waals surface area contributed by atoms with Crippen molar-refractivity contribution < 1.29 is 9.47 Å². The fraction of sp³-hybridized carbons (Fsp3) is 0.174. The maximum atomic E-state index is 12.8. The van der Waals surface area contributed by atoms with Crippen LogP contribution < -0.4 is 26.5 Å². The van der Waals surface area contributed by atoms with Gasteiger partial charge in [-0.05, 0) is 36.2 Å². The minimum absolute atomic E-state index is 0.0118. The molecule has 0 saturated carbocycles. The molecule has 0 fully saturated rings. The number of aromatic amines is 1. The summed E-state index contributed by atoms with van der Waals surface area (Å²) in [7, 11) is 1.59. The largest absolute Gasteiger partial charge is 0.496 e. The number of nitrogens with zero attached hydrogens (tertiary/aromatic N) is 2. The highest BCUT2D eigenvalue weighted by molar-refractivity contribution is 5.90. The van der Waals surface area contributed by atoms with Gasteiger partial charge in [0.25, 0.3) is 5.56 Å². The summed E-state index contributed by atoms with van der Waals surface area (Å²) < 4.78 is 11.4. The minimum Gasteiger partial charge on any atom is -0.496 e. The Labute approximate surface area is 178 Å². The van der Waals surface area contributed by atoms with E-state index in [4.69, 9.17) is 20.9 Å². The minimum atomic E-state index is -0.264. The van der Waals surface area contributed by atoms with Crippen molar-refractivity contribution in [3.8, 4) is 11.5 Å². The van der Waals surface area contributed by atoms with Gasteiger partial charge in [-0.25, -0.2) is 0 Å². The van der Waals surface area contributed by atoms with Gasteiger partial charge in [-0.15, -0.1) is 0 Å². The zero-order valence-electron chi connectivity index (χ0n) is 17.3. The van der Waals surface area contributed by atoms with E-state index in [-0.39, 0.29) is 17.3 Å². The maximum absolute atomic E-state index is 12.8. The number of benzene rings is 2. The van der Waals surface area contributed by atoms with Crippen molar-refractivity contribution in [3.63, 3.8) is 0 Å². The van der Waals surface area contributed by atoms with Crippen molar-refractivity contribution >= 4 is 22.8 Å². The van der Waals surface area contributed by atoms with Crippen LogP contribution in [0, 0.1) is 6.92 Å². The Morgan fingerprint density at radius 3 is 2.58 bits per heavy atom. The molecule has 0 amide bonds. The van der Waals surface area contributed by atoms with Crippen molar-refractivity contribution in [3.05, 3.63) is 81.1 Å². The molecular weight excluding hydrogens is 394 g/mol. The summed E-state index contributed by atoms with van der Waals surface area (Å²) in [6.45, 7) is 2.27. The van der Waals surface area contributed by atoms with Gasteiger partial charge in [0.2, 0.25) is 5.95 Å². The predicted molar refractivity (Wildman–Crippen MR) is 120 cm³/mol. The summed E-state index contributed by atoms with van der Waals surface area (Å²) in [5, 5.41) is 0.583. The maximum Gasteiger partial charge on any atom is 0.253 e.